The Morgan fingerprint density at radius 1 is 0.633 bits per heavy atom. The summed E-state index contributed by atoms with van der Waals surface area (Å²) in [5.41, 5.74) is 2.49. The van der Waals surface area contributed by atoms with Gasteiger partial charge >= 0.3 is 0 Å². The van der Waals surface area contributed by atoms with Crippen molar-refractivity contribution in [3.05, 3.63) is 169 Å². The van der Waals surface area contributed by atoms with Crippen LogP contribution in [0.25, 0.3) is 17.4 Å². The number of carbonyl (C=O) groups excluding carboxylic acids is 3. The van der Waals surface area contributed by atoms with Crippen LogP contribution in [0.1, 0.15) is 16.1 Å². The zero-order valence-electron chi connectivity index (χ0n) is 26.2. The van der Waals surface area contributed by atoms with Crippen LogP contribution in [0.3, 0.4) is 0 Å². The normalized spacial score (nSPS) is 11.0. The molecule has 0 radical (unpaired) electrons. The minimum absolute atomic E-state index is 0.0117. The van der Waals surface area contributed by atoms with Crippen LogP contribution >= 0.6 is 11.8 Å². The second-order valence-electron chi connectivity index (χ2n) is 10.7. The molecule has 0 fully saturated rings. The largest absolute Gasteiger partial charge is 0.457 e. The molecule has 0 bridgehead atoms. The highest BCUT2D eigenvalue weighted by atomic mass is 32.2. The third kappa shape index (κ3) is 9.37. The Balaban J connectivity index is 1.06. The van der Waals surface area contributed by atoms with Gasteiger partial charge in [-0.3, -0.25) is 14.4 Å². The van der Waals surface area contributed by atoms with Gasteiger partial charge in [-0.1, -0.05) is 66.7 Å². The van der Waals surface area contributed by atoms with Crippen molar-refractivity contribution in [3.8, 4) is 22.8 Å². The molecule has 0 aliphatic heterocycles. The number of benzene rings is 5. The zero-order valence-corrected chi connectivity index (χ0v) is 27.0. The molecule has 0 aliphatic rings. The summed E-state index contributed by atoms with van der Waals surface area (Å²) >= 11 is 1.36. The number of rotatable bonds is 12. The van der Waals surface area contributed by atoms with Gasteiger partial charge in [-0.2, -0.15) is 0 Å². The quantitative estimate of drug-likeness (QED) is 0.0890. The van der Waals surface area contributed by atoms with Crippen molar-refractivity contribution in [2.75, 3.05) is 16.4 Å². The van der Waals surface area contributed by atoms with E-state index in [1.165, 1.54) is 17.8 Å². The number of para-hydroxylation sites is 1. The number of furan rings is 1. The van der Waals surface area contributed by atoms with Crippen LogP contribution < -0.4 is 20.7 Å². The molecule has 1 heterocycles. The maximum Gasteiger partial charge on any atom is 0.272 e. The average molecular weight is 666 g/mol. The molecule has 0 unspecified atom stereocenters. The predicted octanol–water partition coefficient (Wildman–Crippen LogP) is 8.88. The minimum Gasteiger partial charge on any atom is -0.457 e. The van der Waals surface area contributed by atoms with E-state index >= 15 is 0 Å². The summed E-state index contributed by atoms with van der Waals surface area (Å²) in [6.45, 7) is 0. The van der Waals surface area contributed by atoms with E-state index in [4.69, 9.17) is 9.15 Å². The summed E-state index contributed by atoms with van der Waals surface area (Å²) < 4.78 is 11.8. The maximum absolute atomic E-state index is 13.4. The number of anilines is 2. The summed E-state index contributed by atoms with van der Waals surface area (Å²) in [6, 6.07) is 45.5. The van der Waals surface area contributed by atoms with Crippen LogP contribution in [0.4, 0.5) is 11.4 Å². The summed E-state index contributed by atoms with van der Waals surface area (Å²) in [5.74, 6) is 1.52. The third-order valence-corrected chi connectivity index (χ3v) is 8.11. The van der Waals surface area contributed by atoms with E-state index in [9.17, 15) is 14.4 Å². The van der Waals surface area contributed by atoms with E-state index in [-0.39, 0.29) is 17.4 Å². The number of hydrogen-bond donors (Lipinski definition) is 3. The Morgan fingerprint density at radius 3 is 1.92 bits per heavy atom. The van der Waals surface area contributed by atoms with E-state index in [1.807, 2.05) is 84.9 Å². The first kappa shape index (κ1) is 32.6. The van der Waals surface area contributed by atoms with Crippen molar-refractivity contribution in [2.45, 2.75) is 4.90 Å². The van der Waals surface area contributed by atoms with E-state index in [0.717, 1.165) is 16.2 Å². The van der Waals surface area contributed by atoms with Gasteiger partial charge in [0.05, 0.1) is 5.75 Å². The highest BCUT2D eigenvalue weighted by molar-refractivity contribution is 8.00. The van der Waals surface area contributed by atoms with Crippen molar-refractivity contribution in [3.63, 3.8) is 0 Å². The first-order valence-corrected chi connectivity index (χ1v) is 16.4. The predicted molar refractivity (Wildman–Crippen MR) is 193 cm³/mol. The van der Waals surface area contributed by atoms with Crippen LogP contribution in [0, 0.1) is 0 Å². The lowest BCUT2D eigenvalue weighted by atomic mass is 10.2. The fraction of sp³-hybridized carbons (Fsp3) is 0.0250. The van der Waals surface area contributed by atoms with Crippen molar-refractivity contribution in [1.82, 2.24) is 5.32 Å². The highest BCUT2D eigenvalue weighted by Crippen LogP contribution is 2.25. The minimum atomic E-state index is -0.526. The zero-order chi connectivity index (χ0) is 33.8. The van der Waals surface area contributed by atoms with Crippen molar-refractivity contribution in [2.24, 2.45) is 0 Å². The Labute approximate surface area is 287 Å². The van der Waals surface area contributed by atoms with Crippen LogP contribution in [-0.4, -0.2) is 23.5 Å². The molecule has 6 rings (SSSR count). The third-order valence-electron chi connectivity index (χ3n) is 7.10. The van der Waals surface area contributed by atoms with E-state index in [1.54, 1.807) is 66.7 Å². The fourth-order valence-electron chi connectivity index (χ4n) is 4.68. The lowest BCUT2D eigenvalue weighted by Gasteiger charge is -2.11. The molecule has 0 saturated carbocycles. The standard InChI is InChI=1S/C40H31N3O5S/c44-38(41-30-16-20-33(21-17-30)47-32-14-8-3-9-15-32)27-49-35-23-18-31(19-24-35)42-40(46)36(43-39(45)29-12-6-2-7-13-29)26-34-22-25-37(48-34)28-10-4-1-5-11-28/h1-26H,27H2,(H,41,44)(H,42,46)(H,43,45). The average Bonchev–Trinajstić information content (AvgIpc) is 3.62. The number of ether oxygens (including phenoxy) is 1. The highest BCUT2D eigenvalue weighted by Gasteiger charge is 2.16. The first-order chi connectivity index (χ1) is 24.0. The van der Waals surface area contributed by atoms with Gasteiger partial charge in [0.2, 0.25) is 5.91 Å². The second-order valence-corrected chi connectivity index (χ2v) is 11.7. The number of carbonyl (C=O) groups is 3. The number of nitrogens with one attached hydrogen (secondary N) is 3. The molecular formula is C40H31N3O5S. The molecule has 0 spiro atoms. The molecule has 8 nitrogen and oxygen atoms in total. The monoisotopic (exact) mass is 665 g/mol. The molecule has 5 aromatic carbocycles. The summed E-state index contributed by atoms with van der Waals surface area (Å²) in [4.78, 5) is 39.9. The lowest BCUT2D eigenvalue weighted by Crippen LogP contribution is -2.30. The summed E-state index contributed by atoms with van der Waals surface area (Å²) in [6.07, 6.45) is 1.50. The van der Waals surface area contributed by atoms with Crippen LogP contribution in [0.5, 0.6) is 11.5 Å². The number of thioether (sulfide) groups is 1. The first-order valence-electron chi connectivity index (χ1n) is 15.4. The van der Waals surface area contributed by atoms with Crippen LogP contribution in [0.15, 0.2) is 167 Å². The molecule has 1 aromatic heterocycles. The molecule has 0 saturated heterocycles. The van der Waals surface area contributed by atoms with E-state index < -0.39 is 11.8 Å². The van der Waals surface area contributed by atoms with Gasteiger partial charge in [-0.25, -0.2) is 0 Å². The SMILES string of the molecule is O=C(CSc1ccc(NC(=O)C(=Cc2ccc(-c3ccccc3)o2)NC(=O)c2ccccc2)cc1)Nc1ccc(Oc2ccccc2)cc1. The molecule has 3 amide bonds. The Kier molecular flexibility index (Phi) is 10.6. The van der Waals surface area contributed by atoms with Gasteiger partial charge in [-0.15, -0.1) is 11.8 Å². The molecule has 6 aromatic rings. The van der Waals surface area contributed by atoms with Gasteiger partial charge < -0.3 is 25.1 Å². The summed E-state index contributed by atoms with van der Waals surface area (Å²) in [5, 5.41) is 8.45. The Morgan fingerprint density at radius 2 is 1.22 bits per heavy atom. The summed E-state index contributed by atoms with van der Waals surface area (Å²) in [7, 11) is 0. The Bertz CT molecular complexity index is 2050. The van der Waals surface area contributed by atoms with Crippen molar-refractivity contribution >= 4 is 46.9 Å². The molecule has 49 heavy (non-hydrogen) atoms. The van der Waals surface area contributed by atoms with Crippen molar-refractivity contribution < 1.29 is 23.5 Å². The molecule has 0 atom stereocenters. The molecule has 242 valence electrons. The van der Waals surface area contributed by atoms with Gasteiger partial charge in [0, 0.05) is 33.5 Å². The molecule has 9 heteroatoms. The second kappa shape index (κ2) is 16.0. The topological polar surface area (TPSA) is 110 Å². The van der Waals surface area contributed by atoms with Gasteiger partial charge in [-0.05, 0) is 84.9 Å². The fourth-order valence-corrected chi connectivity index (χ4v) is 5.38. The van der Waals surface area contributed by atoms with Crippen LogP contribution in [0.2, 0.25) is 0 Å². The lowest BCUT2D eigenvalue weighted by molar-refractivity contribution is -0.114. The molecule has 3 N–H and O–H groups in total. The van der Waals surface area contributed by atoms with Crippen molar-refractivity contribution in [1.29, 1.82) is 0 Å². The van der Waals surface area contributed by atoms with E-state index in [2.05, 4.69) is 16.0 Å². The number of hydrogen-bond acceptors (Lipinski definition) is 6. The van der Waals surface area contributed by atoms with E-state index in [0.29, 0.717) is 34.2 Å². The van der Waals surface area contributed by atoms with Gasteiger partial charge in [0.25, 0.3) is 11.8 Å². The van der Waals surface area contributed by atoms with Gasteiger partial charge in [0.15, 0.2) is 0 Å². The van der Waals surface area contributed by atoms with Crippen LogP contribution in [-0.2, 0) is 9.59 Å². The Hall–Kier alpha value is -6.32. The smallest absolute Gasteiger partial charge is 0.272 e. The van der Waals surface area contributed by atoms with Gasteiger partial charge in [0.1, 0.15) is 28.7 Å². The molecular weight excluding hydrogens is 635 g/mol. The maximum atomic E-state index is 13.4. The molecule has 0 aliphatic carbocycles. The number of amides is 3.